The number of benzene rings is 1. The van der Waals surface area contributed by atoms with Gasteiger partial charge in [-0.25, -0.2) is 0 Å². The molecule has 0 atom stereocenters. The van der Waals surface area contributed by atoms with Crippen LogP contribution in [-0.2, 0) is 0 Å². The standard InChI is InChI=1S/C8H8ClN3O2/c1-5(11-10)7-4-6(12(13)14)2-3-8(7)9/h2-4H,10H2,1H3/b11-5+. The number of hydrogen-bond acceptors (Lipinski definition) is 4. The zero-order valence-electron chi connectivity index (χ0n) is 7.40. The molecule has 1 rings (SSSR count). The van der Waals surface area contributed by atoms with Crippen molar-refractivity contribution in [3.8, 4) is 0 Å². The molecule has 74 valence electrons. The van der Waals surface area contributed by atoms with Crippen molar-refractivity contribution in [1.82, 2.24) is 0 Å². The second kappa shape index (κ2) is 4.06. The molecule has 1 aromatic carbocycles. The molecule has 5 nitrogen and oxygen atoms in total. The number of rotatable bonds is 2. The molecule has 0 amide bonds. The van der Waals surface area contributed by atoms with Gasteiger partial charge in [-0.3, -0.25) is 10.1 Å². The molecule has 0 bridgehead atoms. The number of halogens is 1. The summed E-state index contributed by atoms with van der Waals surface area (Å²) in [7, 11) is 0. The predicted octanol–water partition coefficient (Wildman–Crippen LogP) is 1.93. The zero-order valence-corrected chi connectivity index (χ0v) is 8.15. The first-order valence-electron chi connectivity index (χ1n) is 3.75. The number of non-ortho nitro benzene ring substituents is 1. The Morgan fingerprint density at radius 1 is 1.64 bits per heavy atom. The molecule has 0 fully saturated rings. The molecular weight excluding hydrogens is 206 g/mol. The molecule has 0 aliphatic carbocycles. The van der Waals surface area contributed by atoms with E-state index in [1.54, 1.807) is 6.92 Å². The molecule has 6 heteroatoms. The van der Waals surface area contributed by atoms with E-state index in [1.165, 1.54) is 18.2 Å². The average Bonchev–Trinajstić information content (AvgIpc) is 2.17. The number of nitro benzene ring substituents is 1. The summed E-state index contributed by atoms with van der Waals surface area (Å²) in [5.74, 6) is 5.06. The number of nitrogens with zero attached hydrogens (tertiary/aromatic N) is 2. The zero-order chi connectivity index (χ0) is 10.7. The van der Waals surface area contributed by atoms with E-state index in [0.29, 0.717) is 16.3 Å². The van der Waals surface area contributed by atoms with Crippen molar-refractivity contribution >= 4 is 23.0 Å². The van der Waals surface area contributed by atoms with E-state index in [1.807, 2.05) is 0 Å². The van der Waals surface area contributed by atoms with E-state index in [9.17, 15) is 10.1 Å². The van der Waals surface area contributed by atoms with Crippen LogP contribution in [0.5, 0.6) is 0 Å². The molecule has 0 aliphatic heterocycles. The maximum atomic E-state index is 10.5. The second-order valence-corrected chi connectivity index (χ2v) is 3.04. The third-order valence-electron chi connectivity index (χ3n) is 1.74. The van der Waals surface area contributed by atoms with Crippen LogP contribution in [0.1, 0.15) is 12.5 Å². The topological polar surface area (TPSA) is 81.5 Å². The van der Waals surface area contributed by atoms with E-state index >= 15 is 0 Å². The van der Waals surface area contributed by atoms with E-state index in [2.05, 4.69) is 5.10 Å². The molecule has 0 saturated heterocycles. The monoisotopic (exact) mass is 213 g/mol. The van der Waals surface area contributed by atoms with Crippen LogP contribution in [0.25, 0.3) is 0 Å². The molecule has 0 heterocycles. The van der Waals surface area contributed by atoms with Gasteiger partial charge in [0.25, 0.3) is 5.69 Å². The summed E-state index contributed by atoms with van der Waals surface area (Å²) in [6.07, 6.45) is 0. The maximum Gasteiger partial charge on any atom is 0.270 e. The average molecular weight is 214 g/mol. The van der Waals surface area contributed by atoms with Crippen LogP contribution in [0, 0.1) is 10.1 Å². The minimum absolute atomic E-state index is 0.0348. The Hall–Kier alpha value is -1.62. The molecule has 0 aliphatic rings. The summed E-state index contributed by atoms with van der Waals surface area (Å²) in [5.41, 5.74) is 0.898. The molecule has 0 unspecified atom stereocenters. The lowest BCUT2D eigenvalue weighted by atomic mass is 10.1. The molecule has 1 aromatic rings. The fourth-order valence-corrected chi connectivity index (χ4v) is 1.23. The first-order chi connectivity index (χ1) is 6.56. The molecule has 0 spiro atoms. The third-order valence-corrected chi connectivity index (χ3v) is 2.07. The van der Waals surface area contributed by atoms with Crippen molar-refractivity contribution in [1.29, 1.82) is 0 Å². The predicted molar refractivity (Wildman–Crippen MR) is 54.5 cm³/mol. The van der Waals surface area contributed by atoms with Gasteiger partial charge in [0.15, 0.2) is 0 Å². The normalized spacial score (nSPS) is 11.4. The third kappa shape index (κ3) is 2.00. The van der Waals surface area contributed by atoms with Crippen LogP contribution < -0.4 is 5.84 Å². The summed E-state index contributed by atoms with van der Waals surface area (Å²) in [6.45, 7) is 1.63. The molecule has 0 radical (unpaired) electrons. The molecule has 0 saturated carbocycles. The molecule has 0 aromatic heterocycles. The minimum Gasteiger partial charge on any atom is -0.323 e. The highest BCUT2D eigenvalue weighted by Gasteiger charge is 2.11. The Labute approximate surface area is 85.3 Å². The van der Waals surface area contributed by atoms with Crippen molar-refractivity contribution in [2.45, 2.75) is 6.92 Å². The van der Waals surface area contributed by atoms with Gasteiger partial charge >= 0.3 is 0 Å². The lowest BCUT2D eigenvalue weighted by Gasteiger charge is -2.01. The number of hydrogen-bond donors (Lipinski definition) is 1. The Morgan fingerprint density at radius 3 is 2.79 bits per heavy atom. The van der Waals surface area contributed by atoms with Crippen molar-refractivity contribution < 1.29 is 4.92 Å². The van der Waals surface area contributed by atoms with E-state index in [-0.39, 0.29) is 5.69 Å². The van der Waals surface area contributed by atoms with Gasteiger partial charge in [0.2, 0.25) is 0 Å². The van der Waals surface area contributed by atoms with Crippen LogP contribution in [0.4, 0.5) is 5.69 Å². The van der Waals surface area contributed by atoms with E-state index in [0.717, 1.165) is 0 Å². The lowest BCUT2D eigenvalue weighted by Crippen LogP contribution is -2.01. The quantitative estimate of drug-likeness (QED) is 0.353. The van der Waals surface area contributed by atoms with Crippen LogP contribution in [0.15, 0.2) is 23.3 Å². The van der Waals surface area contributed by atoms with Crippen molar-refractivity contribution in [2.75, 3.05) is 0 Å². The molecular formula is C8H8ClN3O2. The van der Waals surface area contributed by atoms with Crippen LogP contribution >= 0.6 is 11.6 Å². The van der Waals surface area contributed by atoms with Gasteiger partial charge in [-0.2, -0.15) is 5.10 Å². The summed E-state index contributed by atoms with van der Waals surface area (Å²) in [4.78, 5) is 9.97. The smallest absolute Gasteiger partial charge is 0.270 e. The SMILES string of the molecule is C/C(=N\N)c1cc([N+](=O)[O-])ccc1Cl. The summed E-state index contributed by atoms with van der Waals surface area (Å²) < 4.78 is 0. The van der Waals surface area contributed by atoms with Crippen LogP contribution in [-0.4, -0.2) is 10.6 Å². The minimum atomic E-state index is -0.496. The van der Waals surface area contributed by atoms with Crippen molar-refractivity contribution in [2.24, 2.45) is 10.9 Å². The first-order valence-corrected chi connectivity index (χ1v) is 4.13. The van der Waals surface area contributed by atoms with E-state index in [4.69, 9.17) is 17.4 Å². The van der Waals surface area contributed by atoms with Crippen molar-refractivity contribution in [3.05, 3.63) is 38.9 Å². The van der Waals surface area contributed by atoms with Gasteiger partial charge in [-0.15, -0.1) is 0 Å². The van der Waals surface area contributed by atoms with Gasteiger partial charge in [0, 0.05) is 17.7 Å². The van der Waals surface area contributed by atoms with Crippen molar-refractivity contribution in [3.63, 3.8) is 0 Å². The van der Waals surface area contributed by atoms with Gasteiger partial charge < -0.3 is 5.84 Å². The highest BCUT2D eigenvalue weighted by Crippen LogP contribution is 2.22. The molecule has 14 heavy (non-hydrogen) atoms. The number of hydrazone groups is 1. The maximum absolute atomic E-state index is 10.5. The molecule has 2 N–H and O–H groups in total. The highest BCUT2D eigenvalue weighted by molar-refractivity contribution is 6.34. The fourth-order valence-electron chi connectivity index (χ4n) is 0.974. The fraction of sp³-hybridized carbons (Fsp3) is 0.125. The Kier molecular flexibility index (Phi) is 3.03. The lowest BCUT2D eigenvalue weighted by molar-refractivity contribution is -0.384. The number of nitro groups is 1. The summed E-state index contributed by atoms with van der Waals surface area (Å²) >= 11 is 5.82. The summed E-state index contributed by atoms with van der Waals surface area (Å²) in [5, 5.41) is 14.3. The first kappa shape index (κ1) is 10.5. The summed E-state index contributed by atoms with van der Waals surface area (Å²) in [6, 6.07) is 4.12. The number of nitrogens with two attached hydrogens (primary N) is 1. The van der Waals surface area contributed by atoms with Crippen LogP contribution in [0.3, 0.4) is 0 Å². The van der Waals surface area contributed by atoms with Gasteiger partial charge in [-0.05, 0) is 13.0 Å². The van der Waals surface area contributed by atoms with Crippen LogP contribution in [0.2, 0.25) is 5.02 Å². The van der Waals surface area contributed by atoms with Gasteiger partial charge in [0.1, 0.15) is 0 Å². The highest BCUT2D eigenvalue weighted by atomic mass is 35.5. The Morgan fingerprint density at radius 2 is 2.29 bits per heavy atom. The Balaban J connectivity index is 3.28. The van der Waals surface area contributed by atoms with E-state index < -0.39 is 4.92 Å². The van der Waals surface area contributed by atoms with Gasteiger partial charge in [-0.1, -0.05) is 11.6 Å². The largest absolute Gasteiger partial charge is 0.323 e. The Bertz CT molecular complexity index is 404. The van der Waals surface area contributed by atoms with Gasteiger partial charge in [0.05, 0.1) is 15.7 Å². The second-order valence-electron chi connectivity index (χ2n) is 2.64.